The van der Waals surface area contributed by atoms with Gasteiger partial charge in [0.05, 0.1) is 25.0 Å². The van der Waals surface area contributed by atoms with E-state index in [1.54, 1.807) is 6.26 Å². The van der Waals surface area contributed by atoms with Gasteiger partial charge in [0, 0.05) is 6.54 Å². The monoisotopic (exact) mass is 258 g/mol. The molecule has 1 atom stereocenters. The second-order valence-corrected chi connectivity index (χ2v) is 4.89. The fourth-order valence-corrected chi connectivity index (χ4v) is 2.34. The summed E-state index contributed by atoms with van der Waals surface area (Å²) in [5.41, 5.74) is 1.08. The maximum absolute atomic E-state index is 5.99. The van der Waals surface area contributed by atoms with Crippen LogP contribution in [-0.2, 0) is 6.54 Å². The van der Waals surface area contributed by atoms with E-state index >= 15 is 0 Å². The van der Waals surface area contributed by atoms with Crippen LogP contribution in [0.2, 0.25) is 0 Å². The Kier molecular flexibility index (Phi) is 3.42. The van der Waals surface area contributed by atoms with E-state index < -0.39 is 0 Å². The molecule has 2 heterocycles. The second kappa shape index (κ2) is 5.36. The van der Waals surface area contributed by atoms with Crippen molar-refractivity contribution < 1.29 is 9.15 Å². The number of nitrogens with zero attached hydrogens (tertiary/aromatic N) is 1. The number of nitrogens with one attached hydrogen (secondary N) is 1. The van der Waals surface area contributed by atoms with Crippen LogP contribution in [0, 0.1) is 0 Å². The molecular formula is C15H18N2O2. The fourth-order valence-electron chi connectivity index (χ4n) is 2.34. The van der Waals surface area contributed by atoms with Crippen molar-refractivity contribution >= 4 is 5.69 Å². The van der Waals surface area contributed by atoms with E-state index in [9.17, 15) is 0 Å². The molecule has 0 saturated carbocycles. The van der Waals surface area contributed by atoms with Crippen molar-refractivity contribution in [3.63, 3.8) is 0 Å². The predicted molar refractivity (Wildman–Crippen MR) is 74.4 cm³/mol. The van der Waals surface area contributed by atoms with Gasteiger partial charge in [0.1, 0.15) is 17.6 Å². The van der Waals surface area contributed by atoms with Gasteiger partial charge < -0.3 is 14.5 Å². The molecule has 3 rings (SSSR count). The first-order valence-corrected chi connectivity index (χ1v) is 6.52. The minimum absolute atomic E-state index is 0.162. The van der Waals surface area contributed by atoms with E-state index in [0.717, 1.165) is 36.8 Å². The summed E-state index contributed by atoms with van der Waals surface area (Å²) in [5.74, 6) is 1.91. The molecule has 2 aromatic rings. The smallest absolute Gasteiger partial charge is 0.142 e. The topological polar surface area (TPSA) is 37.6 Å². The molecule has 1 aliphatic rings. The summed E-state index contributed by atoms with van der Waals surface area (Å²) >= 11 is 0. The Labute approximate surface area is 113 Å². The Morgan fingerprint density at radius 2 is 2.16 bits per heavy atom. The van der Waals surface area contributed by atoms with Crippen LogP contribution >= 0.6 is 0 Å². The molecule has 0 saturated heterocycles. The van der Waals surface area contributed by atoms with Crippen LogP contribution in [-0.4, -0.2) is 31.1 Å². The van der Waals surface area contributed by atoms with E-state index in [1.165, 1.54) is 0 Å². The molecule has 1 aromatic heterocycles. The Morgan fingerprint density at radius 1 is 1.26 bits per heavy atom. The summed E-state index contributed by atoms with van der Waals surface area (Å²) < 4.78 is 11.3. The van der Waals surface area contributed by atoms with Crippen LogP contribution < -0.4 is 10.1 Å². The average molecular weight is 258 g/mol. The maximum atomic E-state index is 5.99. The highest BCUT2D eigenvalue weighted by atomic mass is 16.5. The summed E-state index contributed by atoms with van der Waals surface area (Å²) in [4.78, 5) is 2.21. The first-order valence-electron chi connectivity index (χ1n) is 6.52. The first-order chi connectivity index (χ1) is 9.31. The van der Waals surface area contributed by atoms with Crippen molar-refractivity contribution in [3.8, 4) is 5.75 Å². The molecule has 1 aliphatic heterocycles. The second-order valence-electron chi connectivity index (χ2n) is 4.89. The number of hydrogen-bond donors (Lipinski definition) is 1. The van der Waals surface area contributed by atoms with Crippen molar-refractivity contribution in [2.75, 3.05) is 25.5 Å². The lowest BCUT2D eigenvalue weighted by atomic mass is 10.2. The summed E-state index contributed by atoms with van der Waals surface area (Å²) in [6, 6.07) is 12.0. The molecule has 100 valence electrons. The number of hydrogen-bond acceptors (Lipinski definition) is 4. The Morgan fingerprint density at radius 3 is 3.00 bits per heavy atom. The van der Waals surface area contributed by atoms with Gasteiger partial charge in [0.15, 0.2) is 0 Å². The summed E-state index contributed by atoms with van der Waals surface area (Å²) in [7, 11) is 2.08. The number of para-hydroxylation sites is 2. The predicted octanol–water partition coefficient (Wildman–Crippen LogP) is 2.58. The maximum Gasteiger partial charge on any atom is 0.142 e. The third-order valence-corrected chi connectivity index (χ3v) is 3.22. The molecule has 0 radical (unpaired) electrons. The number of ether oxygens (including phenoxy) is 1. The van der Waals surface area contributed by atoms with Crippen LogP contribution in [0.1, 0.15) is 5.76 Å². The van der Waals surface area contributed by atoms with E-state index in [2.05, 4.69) is 17.3 Å². The van der Waals surface area contributed by atoms with Gasteiger partial charge in [0.25, 0.3) is 0 Å². The van der Waals surface area contributed by atoms with E-state index in [1.807, 2.05) is 36.4 Å². The molecule has 1 unspecified atom stereocenters. The lowest BCUT2D eigenvalue weighted by Crippen LogP contribution is -2.40. The van der Waals surface area contributed by atoms with Crippen LogP contribution in [0.4, 0.5) is 5.69 Å². The van der Waals surface area contributed by atoms with Crippen LogP contribution in [0.3, 0.4) is 0 Å². The zero-order valence-electron chi connectivity index (χ0n) is 11.0. The molecule has 0 spiro atoms. The van der Waals surface area contributed by atoms with Gasteiger partial charge in [-0.05, 0) is 31.3 Å². The van der Waals surface area contributed by atoms with Crippen molar-refractivity contribution in [2.24, 2.45) is 0 Å². The van der Waals surface area contributed by atoms with Gasteiger partial charge in [0.2, 0.25) is 0 Å². The molecule has 0 aliphatic carbocycles. The van der Waals surface area contributed by atoms with E-state index in [-0.39, 0.29) is 6.10 Å². The molecule has 4 heteroatoms. The lowest BCUT2D eigenvalue weighted by molar-refractivity contribution is 0.144. The Balaban J connectivity index is 1.57. The van der Waals surface area contributed by atoms with Crippen LogP contribution in [0.5, 0.6) is 5.75 Å². The van der Waals surface area contributed by atoms with Crippen LogP contribution in [0.15, 0.2) is 47.1 Å². The number of rotatable bonds is 4. The van der Waals surface area contributed by atoms with Crippen molar-refractivity contribution in [2.45, 2.75) is 12.6 Å². The number of furan rings is 1. The normalized spacial score (nSPS) is 17.7. The SMILES string of the molecule is CN(Cc1ccco1)CC1CNc2ccccc2O1. The minimum atomic E-state index is 0.162. The molecular weight excluding hydrogens is 240 g/mol. The molecule has 0 amide bonds. The van der Waals surface area contributed by atoms with Gasteiger partial charge in [-0.25, -0.2) is 0 Å². The highest BCUT2D eigenvalue weighted by Crippen LogP contribution is 2.28. The zero-order chi connectivity index (χ0) is 13.1. The van der Waals surface area contributed by atoms with Gasteiger partial charge in [-0.3, -0.25) is 4.90 Å². The molecule has 1 N–H and O–H groups in total. The summed E-state index contributed by atoms with van der Waals surface area (Å²) in [6.45, 7) is 2.50. The fraction of sp³-hybridized carbons (Fsp3) is 0.333. The molecule has 0 fully saturated rings. The van der Waals surface area contributed by atoms with Crippen molar-refractivity contribution in [1.29, 1.82) is 0 Å². The average Bonchev–Trinajstić information content (AvgIpc) is 2.91. The van der Waals surface area contributed by atoms with Gasteiger partial charge in [-0.2, -0.15) is 0 Å². The highest BCUT2D eigenvalue weighted by Gasteiger charge is 2.20. The molecule has 19 heavy (non-hydrogen) atoms. The van der Waals surface area contributed by atoms with E-state index in [0.29, 0.717) is 0 Å². The van der Waals surface area contributed by atoms with Gasteiger partial charge in [-0.1, -0.05) is 12.1 Å². The summed E-state index contributed by atoms with van der Waals surface area (Å²) in [5, 5.41) is 3.40. The molecule has 1 aromatic carbocycles. The third-order valence-electron chi connectivity index (χ3n) is 3.22. The molecule has 0 bridgehead atoms. The number of anilines is 1. The van der Waals surface area contributed by atoms with Crippen molar-refractivity contribution in [1.82, 2.24) is 4.90 Å². The number of likely N-dealkylation sites (N-methyl/N-ethyl adjacent to an activating group) is 1. The molecule has 4 nitrogen and oxygen atoms in total. The quantitative estimate of drug-likeness (QED) is 0.914. The summed E-state index contributed by atoms with van der Waals surface area (Å²) in [6.07, 6.45) is 1.87. The first kappa shape index (κ1) is 12.1. The Bertz CT molecular complexity index is 525. The highest BCUT2D eigenvalue weighted by molar-refractivity contribution is 5.57. The van der Waals surface area contributed by atoms with Gasteiger partial charge >= 0.3 is 0 Å². The van der Waals surface area contributed by atoms with Gasteiger partial charge in [-0.15, -0.1) is 0 Å². The minimum Gasteiger partial charge on any atom is -0.485 e. The number of benzene rings is 1. The van der Waals surface area contributed by atoms with Crippen molar-refractivity contribution in [3.05, 3.63) is 48.4 Å². The van der Waals surface area contributed by atoms with Crippen LogP contribution in [0.25, 0.3) is 0 Å². The van der Waals surface area contributed by atoms with E-state index in [4.69, 9.17) is 9.15 Å². The third kappa shape index (κ3) is 2.90. The number of fused-ring (bicyclic) bond motifs is 1. The lowest BCUT2D eigenvalue weighted by Gasteiger charge is -2.30. The Hall–Kier alpha value is -1.94. The zero-order valence-corrected chi connectivity index (χ0v) is 11.0. The standard InChI is InChI=1S/C15H18N2O2/c1-17(10-12-5-4-8-18-12)11-13-9-16-14-6-2-3-7-15(14)19-13/h2-8,13,16H,9-11H2,1H3. The largest absolute Gasteiger partial charge is 0.485 e.